The second-order valence-electron chi connectivity index (χ2n) is 7.62. The minimum atomic E-state index is -3.81. The maximum absolute atomic E-state index is 13.2. The van der Waals surface area contributed by atoms with E-state index in [4.69, 9.17) is 9.26 Å². The summed E-state index contributed by atoms with van der Waals surface area (Å²) in [6.07, 6.45) is 1.10. The van der Waals surface area contributed by atoms with Crippen molar-refractivity contribution in [2.45, 2.75) is 24.3 Å². The van der Waals surface area contributed by atoms with Crippen LogP contribution in [0.1, 0.15) is 18.7 Å². The maximum atomic E-state index is 13.2. The molecule has 1 aromatic heterocycles. The van der Waals surface area contributed by atoms with Crippen molar-refractivity contribution in [1.82, 2.24) is 19.8 Å². The lowest BCUT2D eigenvalue weighted by Gasteiger charge is -2.31. The Morgan fingerprint density at radius 2 is 2.06 bits per heavy atom. The number of carbonyl (C=O) groups excluding carboxylic acids is 1. The van der Waals surface area contributed by atoms with Crippen LogP contribution in [0.3, 0.4) is 0 Å². The van der Waals surface area contributed by atoms with Gasteiger partial charge in [0, 0.05) is 18.7 Å². The number of nitrogens with one attached hydrogen (secondary N) is 1. The molecular weight excluding hydrogens is 451 g/mol. The monoisotopic (exact) mass is 474 g/mol. The molecule has 174 valence electrons. The molecule has 9 nitrogen and oxygen atoms in total. The molecule has 11 heteroatoms. The number of carbonyl (C=O) groups is 1. The molecule has 1 N–H and O–H groups in total. The molecule has 0 bridgehead atoms. The summed E-state index contributed by atoms with van der Waals surface area (Å²) in [5.41, 5.74) is 0.713. The Morgan fingerprint density at radius 1 is 1.27 bits per heavy atom. The predicted octanol–water partition coefficient (Wildman–Crippen LogP) is 2.60. The van der Waals surface area contributed by atoms with Crippen molar-refractivity contribution < 1.29 is 26.9 Å². The Kier molecular flexibility index (Phi) is 6.70. The summed E-state index contributed by atoms with van der Waals surface area (Å²) in [5, 5.41) is 6.67. The Hall–Kier alpha value is -3.31. The van der Waals surface area contributed by atoms with E-state index in [0.717, 1.165) is 12.1 Å². The van der Waals surface area contributed by atoms with Gasteiger partial charge in [-0.25, -0.2) is 12.8 Å². The molecule has 1 aliphatic rings. The molecule has 1 saturated heterocycles. The number of benzene rings is 2. The van der Waals surface area contributed by atoms with Crippen molar-refractivity contribution in [1.29, 1.82) is 0 Å². The van der Waals surface area contributed by atoms with Crippen LogP contribution in [0.15, 0.2) is 57.9 Å². The van der Waals surface area contributed by atoms with Gasteiger partial charge in [0.2, 0.25) is 27.6 Å². The Morgan fingerprint density at radius 3 is 2.82 bits per heavy atom. The minimum Gasteiger partial charge on any atom is -0.497 e. The molecule has 1 aliphatic heterocycles. The highest BCUT2D eigenvalue weighted by Crippen LogP contribution is 2.25. The van der Waals surface area contributed by atoms with E-state index in [0.29, 0.717) is 36.5 Å². The molecule has 2 aromatic carbocycles. The number of sulfonamides is 1. The predicted molar refractivity (Wildman–Crippen MR) is 116 cm³/mol. The number of nitrogens with zero attached hydrogens (tertiary/aromatic N) is 3. The first-order valence-electron chi connectivity index (χ1n) is 10.4. The zero-order chi connectivity index (χ0) is 23.4. The van der Waals surface area contributed by atoms with Crippen LogP contribution in [0.5, 0.6) is 5.75 Å². The summed E-state index contributed by atoms with van der Waals surface area (Å²) >= 11 is 0. The second kappa shape index (κ2) is 9.67. The van der Waals surface area contributed by atoms with Gasteiger partial charge in [-0.05, 0) is 49.2 Å². The van der Waals surface area contributed by atoms with Crippen LogP contribution in [0.25, 0.3) is 11.4 Å². The fraction of sp³-hybridized carbons (Fsp3) is 0.318. The normalized spacial score (nSPS) is 17.0. The highest BCUT2D eigenvalue weighted by atomic mass is 32.2. The number of hydrogen-bond acceptors (Lipinski definition) is 7. The van der Waals surface area contributed by atoms with Crippen molar-refractivity contribution >= 4 is 15.9 Å². The Balaban J connectivity index is 1.37. The van der Waals surface area contributed by atoms with Crippen molar-refractivity contribution in [2.75, 3.05) is 20.2 Å². The third-order valence-corrected chi connectivity index (χ3v) is 7.30. The lowest BCUT2D eigenvalue weighted by molar-refractivity contribution is -0.126. The van der Waals surface area contributed by atoms with Gasteiger partial charge in [-0.2, -0.15) is 9.29 Å². The number of halogens is 1. The SMILES string of the molecule is COc1cccc(-c2noc(CNC(=O)[C@@H]3CCCN(S(=O)(=O)c4ccc(F)cc4)C3)n2)c1. The standard InChI is InChI=1S/C22H23FN4O5S/c1-31-18-6-2-4-15(12-18)21-25-20(32-26-21)13-24-22(28)16-5-3-11-27(14-16)33(29,30)19-9-7-17(23)8-10-19/h2,4,6-10,12,16H,3,5,11,13-14H2,1H3,(H,24,28)/t16-/m1/s1. The first-order valence-corrected chi connectivity index (χ1v) is 11.8. The summed E-state index contributed by atoms with van der Waals surface area (Å²) in [6, 6.07) is 11.8. The van der Waals surface area contributed by atoms with Gasteiger partial charge in [0.05, 0.1) is 24.5 Å². The molecule has 0 saturated carbocycles. The van der Waals surface area contributed by atoms with Gasteiger partial charge >= 0.3 is 0 Å². The van der Waals surface area contributed by atoms with Crippen LogP contribution >= 0.6 is 0 Å². The quantitative estimate of drug-likeness (QED) is 0.560. The molecular formula is C22H23FN4O5S. The molecule has 4 rings (SSSR count). The van der Waals surface area contributed by atoms with Gasteiger partial charge in [0.25, 0.3) is 0 Å². The molecule has 0 unspecified atom stereocenters. The minimum absolute atomic E-state index is 0.000824. The number of ether oxygens (including phenoxy) is 1. The van der Waals surface area contributed by atoms with E-state index in [9.17, 15) is 17.6 Å². The molecule has 33 heavy (non-hydrogen) atoms. The van der Waals surface area contributed by atoms with Gasteiger partial charge in [0.15, 0.2) is 0 Å². The van der Waals surface area contributed by atoms with Gasteiger partial charge < -0.3 is 14.6 Å². The van der Waals surface area contributed by atoms with E-state index in [-0.39, 0.29) is 29.8 Å². The van der Waals surface area contributed by atoms with Gasteiger partial charge in [-0.15, -0.1) is 0 Å². The van der Waals surface area contributed by atoms with Crippen molar-refractivity contribution in [2.24, 2.45) is 5.92 Å². The summed E-state index contributed by atoms with van der Waals surface area (Å²) < 4.78 is 50.5. The van der Waals surface area contributed by atoms with Crippen LogP contribution < -0.4 is 10.1 Å². The Bertz CT molecular complexity index is 1230. The summed E-state index contributed by atoms with van der Waals surface area (Å²) in [7, 11) is -2.25. The first kappa shape index (κ1) is 22.9. The fourth-order valence-electron chi connectivity index (χ4n) is 3.64. The van der Waals surface area contributed by atoms with Crippen molar-refractivity contribution in [3.8, 4) is 17.1 Å². The van der Waals surface area contributed by atoms with Crippen LogP contribution in [-0.4, -0.2) is 49.0 Å². The fourth-order valence-corrected chi connectivity index (χ4v) is 5.17. The third kappa shape index (κ3) is 5.20. The average molecular weight is 475 g/mol. The molecule has 1 atom stereocenters. The van der Waals surface area contributed by atoms with Crippen LogP contribution in [0.4, 0.5) is 4.39 Å². The van der Waals surface area contributed by atoms with Gasteiger partial charge in [0.1, 0.15) is 11.6 Å². The topological polar surface area (TPSA) is 115 Å². The lowest BCUT2D eigenvalue weighted by atomic mass is 9.99. The molecule has 3 aromatic rings. The molecule has 1 fully saturated rings. The zero-order valence-electron chi connectivity index (χ0n) is 17.9. The third-order valence-electron chi connectivity index (χ3n) is 5.42. The highest BCUT2D eigenvalue weighted by Gasteiger charge is 2.33. The molecule has 1 amide bonds. The van der Waals surface area contributed by atoms with Gasteiger partial charge in [-0.3, -0.25) is 4.79 Å². The number of amides is 1. The maximum Gasteiger partial charge on any atom is 0.246 e. The lowest BCUT2D eigenvalue weighted by Crippen LogP contribution is -2.45. The van der Waals surface area contributed by atoms with E-state index in [1.807, 2.05) is 6.07 Å². The van der Waals surface area contributed by atoms with Crippen molar-refractivity contribution in [3.05, 3.63) is 60.2 Å². The molecule has 2 heterocycles. The van der Waals surface area contributed by atoms with Gasteiger partial charge in [-0.1, -0.05) is 17.3 Å². The molecule has 0 radical (unpaired) electrons. The summed E-state index contributed by atoms with van der Waals surface area (Å²) in [5.74, 6) is -0.0740. The van der Waals surface area contributed by atoms with Crippen molar-refractivity contribution in [3.63, 3.8) is 0 Å². The van der Waals surface area contributed by atoms with E-state index in [1.165, 1.54) is 16.4 Å². The number of hydrogen-bond donors (Lipinski definition) is 1. The number of piperidine rings is 1. The van der Waals surface area contributed by atoms with E-state index >= 15 is 0 Å². The highest BCUT2D eigenvalue weighted by molar-refractivity contribution is 7.89. The van der Waals surface area contributed by atoms with E-state index in [2.05, 4.69) is 15.5 Å². The Labute approximate surface area is 190 Å². The zero-order valence-corrected chi connectivity index (χ0v) is 18.7. The smallest absolute Gasteiger partial charge is 0.246 e. The van der Waals surface area contributed by atoms with Crippen LogP contribution in [0.2, 0.25) is 0 Å². The molecule has 0 spiro atoms. The van der Waals surface area contributed by atoms with Crippen LogP contribution in [-0.2, 0) is 21.4 Å². The largest absolute Gasteiger partial charge is 0.497 e. The molecule has 0 aliphatic carbocycles. The second-order valence-corrected chi connectivity index (χ2v) is 9.56. The van der Waals surface area contributed by atoms with E-state index < -0.39 is 21.8 Å². The summed E-state index contributed by atoms with van der Waals surface area (Å²) in [4.78, 5) is 17.0. The number of aromatic nitrogens is 2. The average Bonchev–Trinajstić information content (AvgIpc) is 3.32. The summed E-state index contributed by atoms with van der Waals surface area (Å²) in [6.45, 7) is 0.374. The van der Waals surface area contributed by atoms with E-state index in [1.54, 1.807) is 25.3 Å². The number of rotatable bonds is 7. The van der Waals surface area contributed by atoms with Crippen LogP contribution in [0, 0.1) is 11.7 Å². The number of methoxy groups -OCH3 is 1. The first-order chi connectivity index (χ1) is 15.9.